The van der Waals surface area contributed by atoms with Crippen LogP contribution in [0.5, 0.6) is 5.75 Å². The van der Waals surface area contributed by atoms with Crippen LogP contribution in [-0.2, 0) is 4.79 Å². The number of carbonyl (C=O) groups excluding carboxylic acids is 1. The SMILES string of the molecule is Cc1cc(NCC(=O)NN=Cc2cc(Cl)ccc2O)ccc1I. The molecule has 2 rings (SSSR count). The van der Waals surface area contributed by atoms with Crippen LogP contribution in [0.25, 0.3) is 0 Å². The van der Waals surface area contributed by atoms with E-state index >= 15 is 0 Å². The van der Waals surface area contributed by atoms with Gasteiger partial charge < -0.3 is 10.4 Å². The van der Waals surface area contributed by atoms with E-state index in [0.29, 0.717) is 10.6 Å². The van der Waals surface area contributed by atoms with E-state index in [0.717, 1.165) is 11.3 Å². The third kappa shape index (κ3) is 5.40. The lowest BCUT2D eigenvalue weighted by Crippen LogP contribution is -2.25. The van der Waals surface area contributed by atoms with Crippen molar-refractivity contribution in [3.63, 3.8) is 0 Å². The van der Waals surface area contributed by atoms with E-state index in [9.17, 15) is 9.90 Å². The number of hydrogen-bond donors (Lipinski definition) is 3. The van der Waals surface area contributed by atoms with Gasteiger partial charge in [0.2, 0.25) is 0 Å². The van der Waals surface area contributed by atoms with Crippen molar-refractivity contribution in [1.82, 2.24) is 5.43 Å². The van der Waals surface area contributed by atoms with Crippen LogP contribution in [0.15, 0.2) is 41.5 Å². The summed E-state index contributed by atoms with van der Waals surface area (Å²) in [6.07, 6.45) is 1.34. The van der Waals surface area contributed by atoms with Crippen LogP contribution in [0.4, 0.5) is 5.69 Å². The molecule has 120 valence electrons. The number of anilines is 1. The van der Waals surface area contributed by atoms with Crippen molar-refractivity contribution >= 4 is 52.0 Å². The number of phenolic OH excluding ortho intramolecular Hbond substituents is 1. The third-order valence-corrected chi connectivity index (χ3v) is 4.44. The molecule has 0 bridgehead atoms. The van der Waals surface area contributed by atoms with Gasteiger partial charge in [0.05, 0.1) is 12.8 Å². The average molecular weight is 444 g/mol. The number of benzene rings is 2. The van der Waals surface area contributed by atoms with Crippen LogP contribution in [0, 0.1) is 10.5 Å². The third-order valence-electron chi connectivity index (χ3n) is 2.99. The van der Waals surface area contributed by atoms with Gasteiger partial charge in [-0.25, -0.2) is 5.43 Å². The second kappa shape index (κ2) is 8.16. The molecule has 0 saturated heterocycles. The second-order valence-corrected chi connectivity index (χ2v) is 6.41. The lowest BCUT2D eigenvalue weighted by atomic mass is 10.2. The predicted molar refractivity (Wildman–Crippen MR) is 101 cm³/mol. The molecule has 2 aromatic rings. The van der Waals surface area contributed by atoms with E-state index in [1.54, 1.807) is 12.1 Å². The van der Waals surface area contributed by atoms with E-state index < -0.39 is 0 Å². The molecule has 0 heterocycles. The van der Waals surface area contributed by atoms with Crippen molar-refractivity contribution in [3.05, 3.63) is 56.1 Å². The van der Waals surface area contributed by atoms with Crippen LogP contribution < -0.4 is 10.7 Å². The predicted octanol–water partition coefficient (Wildman–Crippen LogP) is 3.52. The van der Waals surface area contributed by atoms with Gasteiger partial charge in [0.1, 0.15) is 5.75 Å². The van der Waals surface area contributed by atoms with E-state index in [1.807, 2.05) is 25.1 Å². The van der Waals surface area contributed by atoms with Crippen molar-refractivity contribution in [2.24, 2.45) is 5.10 Å². The minimum Gasteiger partial charge on any atom is -0.507 e. The first-order valence-electron chi connectivity index (χ1n) is 6.76. The summed E-state index contributed by atoms with van der Waals surface area (Å²) in [6.45, 7) is 2.10. The molecule has 0 unspecified atom stereocenters. The maximum absolute atomic E-state index is 11.7. The standard InChI is InChI=1S/C16H15ClIN3O2/c1-10-6-13(3-4-14(10)18)19-9-16(23)21-20-8-11-7-12(17)2-5-15(11)22/h2-8,19,22H,9H2,1H3,(H,21,23). The first-order valence-corrected chi connectivity index (χ1v) is 8.22. The molecule has 0 atom stereocenters. The van der Waals surface area contributed by atoms with E-state index in [4.69, 9.17) is 11.6 Å². The van der Waals surface area contributed by atoms with Crippen LogP contribution in [-0.4, -0.2) is 23.8 Å². The minimum atomic E-state index is -0.293. The average Bonchev–Trinajstić information content (AvgIpc) is 2.52. The number of nitrogens with zero attached hydrogens (tertiary/aromatic N) is 1. The molecule has 7 heteroatoms. The molecule has 0 aliphatic rings. The van der Waals surface area contributed by atoms with Gasteiger partial charge in [-0.05, 0) is 71.5 Å². The molecule has 0 saturated carbocycles. The van der Waals surface area contributed by atoms with Crippen molar-refractivity contribution < 1.29 is 9.90 Å². The summed E-state index contributed by atoms with van der Waals surface area (Å²) >= 11 is 8.08. The Labute approximate surface area is 152 Å². The number of hydrazone groups is 1. The Morgan fingerprint density at radius 3 is 2.87 bits per heavy atom. The molecule has 1 amide bonds. The first kappa shape index (κ1) is 17.6. The van der Waals surface area contributed by atoms with Crippen molar-refractivity contribution in [2.75, 3.05) is 11.9 Å². The molecular weight excluding hydrogens is 429 g/mol. The second-order valence-electron chi connectivity index (χ2n) is 4.81. The highest BCUT2D eigenvalue weighted by molar-refractivity contribution is 14.1. The zero-order chi connectivity index (χ0) is 16.8. The van der Waals surface area contributed by atoms with Gasteiger partial charge in [0, 0.05) is 19.8 Å². The zero-order valence-corrected chi connectivity index (χ0v) is 15.2. The number of rotatable bonds is 5. The Bertz CT molecular complexity index is 750. The molecule has 2 aromatic carbocycles. The molecule has 0 aliphatic carbocycles. The Kier molecular flexibility index (Phi) is 6.23. The number of phenols is 1. The molecular formula is C16H15ClIN3O2. The molecule has 3 N–H and O–H groups in total. The summed E-state index contributed by atoms with van der Waals surface area (Å²) in [6, 6.07) is 10.5. The molecule has 0 aromatic heterocycles. The summed E-state index contributed by atoms with van der Waals surface area (Å²) in [5.74, 6) is -0.251. The number of amides is 1. The van der Waals surface area contributed by atoms with Gasteiger partial charge in [-0.3, -0.25) is 4.79 Å². The van der Waals surface area contributed by atoms with Crippen molar-refractivity contribution in [2.45, 2.75) is 6.92 Å². The van der Waals surface area contributed by atoms with Crippen LogP contribution in [0.3, 0.4) is 0 Å². The monoisotopic (exact) mass is 443 g/mol. The Balaban J connectivity index is 1.86. The van der Waals surface area contributed by atoms with Gasteiger partial charge in [-0.15, -0.1) is 0 Å². The Morgan fingerprint density at radius 2 is 2.13 bits per heavy atom. The maximum Gasteiger partial charge on any atom is 0.259 e. The van der Waals surface area contributed by atoms with Gasteiger partial charge >= 0.3 is 0 Å². The van der Waals surface area contributed by atoms with Gasteiger partial charge in [-0.2, -0.15) is 5.10 Å². The number of carbonyl (C=O) groups is 1. The van der Waals surface area contributed by atoms with Crippen LogP contribution in [0.2, 0.25) is 5.02 Å². The summed E-state index contributed by atoms with van der Waals surface area (Å²) in [5.41, 5.74) is 4.83. The summed E-state index contributed by atoms with van der Waals surface area (Å²) in [5, 5.41) is 16.9. The largest absolute Gasteiger partial charge is 0.507 e. The normalized spacial score (nSPS) is 10.7. The highest BCUT2D eigenvalue weighted by Gasteiger charge is 2.02. The fraction of sp³-hybridized carbons (Fsp3) is 0.125. The Morgan fingerprint density at radius 1 is 1.35 bits per heavy atom. The Hall–Kier alpha value is -1.80. The van der Waals surface area contributed by atoms with Gasteiger partial charge in [-0.1, -0.05) is 11.6 Å². The van der Waals surface area contributed by atoms with Crippen LogP contribution >= 0.6 is 34.2 Å². The molecule has 23 heavy (non-hydrogen) atoms. The molecule has 0 aliphatic heterocycles. The topological polar surface area (TPSA) is 73.7 Å². The summed E-state index contributed by atoms with van der Waals surface area (Å²) in [7, 11) is 0. The van der Waals surface area contributed by atoms with Crippen LogP contribution in [0.1, 0.15) is 11.1 Å². The molecule has 5 nitrogen and oxygen atoms in total. The summed E-state index contributed by atoms with van der Waals surface area (Å²) < 4.78 is 1.17. The van der Waals surface area contributed by atoms with E-state index in [2.05, 4.69) is 38.4 Å². The number of hydrogen-bond acceptors (Lipinski definition) is 4. The van der Waals surface area contributed by atoms with Gasteiger partial charge in [0.25, 0.3) is 5.91 Å². The van der Waals surface area contributed by atoms with Crippen molar-refractivity contribution in [1.29, 1.82) is 0 Å². The molecule has 0 fully saturated rings. The van der Waals surface area contributed by atoms with E-state index in [1.165, 1.54) is 15.9 Å². The fourth-order valence-electron chi connectivity index (χ4n) is 1.78. The minimum absolute atomic E-state index is 0.0416. The lowest BCUT2D eigenvalue weighted by Gasteiger charge is -2.07. The van der Waals surface area contributed by atoms with Crippen molar-refractivity contribution in [3.8, 4) is 5.75 Å². The molecule has 0 radical (unpaired) electrons. The van der Waals surface area contributed by atoms with Gasteiger partial charge in [0.15, 0.2) is 0 Å². The number of aromatic hydroxyl groups is 1. The first-order chi connectivity index (χ1) is 11.0. The number of halogens is 2. The number of aryl methyl sites for hydroxylation is 1. The smallest absolute Gasteiger partial charge is 0.259 e. The quantitative estimate of drug-likeness (QED) is 0.376. The summed E-state index contributed by atoms with van der Waals surface area (Å²) in [4.78, 5) is 11.7. The maximum atomic E-state index is 11.7. The fourth-order valence-corrected chi connectivity index (χ4v) is 2.30. The molecule has 0 spiro atoms. The number of nitrogens with one attached hydrogen (secondary N) is 2. The highest BCUT2D eigenvalue weighted by Crippen LogP contribution is 2.19. The van der Waals surface area contributed by atoms with E-state index in [-0.39, 0.29) is 18.2 Å². The zero-order valence-electron chi connectivity index (χ0n) is 12.3. The lowest BCUT2D eigenvalue weighted by molar-refractivity contribution is -0.119. The highest BCUT2D eigenvalue weighted by atomic mass is 127.